The Morgan fingerprint density at radius 3 is 0.941 bits per heavy atom. The number of halogens is 4. The molecular formula is C30H18Cl4. The molecule has 0 amide bonds. The monoisotopic (exact) mass is 518 g/mol. The van der Waals surface area contributed by atoms with Gasteiger partial charge in [-0.05, 0) is 83.9 Å². The van der Waals surface area contributed by atoms with Crippen molar-refractivity contribution in [3.8, 4) is 23.7 Å². The molecule has 0 aliphatic heterocycles. The normalized spacial score (nSPS) is 12.0. The predicted molar refractivity (Wildman–Crippen MR) is 145 cm³/mol. The Kier molecular flexibility index (Phi) is 8.24. The molecule has 4 aromatic rings. The van der Waals surface area contributed by atoms with Crippen molar-refractivity contribution >= 4 is 46.4 Å². The summed E-state index contributed by atoms with van der Waals surface area (Å²) in [5.74, 6) is 13.1. The fourth-order valence-electron chi connectivity index (χ4n) is 3.45. The third kappa shape index (κ3) is 6.61. The molecular weight excluding hydrogens is 502 g/mol. The average Bonchev–Trinajstić information content (AvgIpc) is 2.85. The highest BCUT2D eigenvalue weighted by Gasteiger charge is 2.22. The first kappa shape index (κ1) is 24.3. The summed E-state index contributed by atoms with van der Waals surface area (Å²) < 4.78 is 0. The third-order valence-electron chi connectivity index (χ3n) is 5.22. The van der Waals surface area contributed by atoms with Crippen molar-refractivity contribution in [3.05, 3.63) is 139 Å². The van der Waals surface area contributed by atoms with Crippen molar-refractivity contribution in [2.75, 3.05) is 0 Å². The van der Waals surface area contributed by atoms with E-state index < -0.39 is 0 Å². The molecule has 0 N–H and O–H groups in total. The van der Waals surface area contributed by atoms with E-state index in [0.29, 0.717) is 20.1 Å². The fourth-order valence-corrected chi connectivity index (χ4v) is 3.95. The molecule has 0 saturated carbocycles. The molecule has 0 aliphatic rings. The average molecular weight is 520 g/mol. The maximum absolute atomic E-state index is 6.17. The molecule has 4 rings (SSSR count). The van der Waals surface area contributed by atoms with Gasteiger partial charge in [0, 0.05) is 31.2 Å². The van der Waals surface area contributed by atoms with Gasteiger partial charge in [0.05, 0.1) is 11.8 Å². The van der Waals surface area contributed by atoms with Crippen LogP contribution in [0.15, 0.2) is 97.1 Å². The lowest BCUT2D eigenvalue weighted by Crippen LogP contribution is -2.09. The second kappa shape index (κ2) is 11.5. The van der Waals surface area contributed by atoms with Crippen LogP contribution in [0.2, 0.25) is 20.1 Å². The van der Waals surface area contributed by atoms with Crippen LogP contribution in [0.1, 0.15) is 34.1 Å². The molecule has 2 unspecified atom stereocenters. The molecule has 34 heavy (non-hydrogen) atoms. The number of rotatable bonds is 3. The van der Waals surface area contributed by atoms with Crippen LogP contribution in [0.25, 0.3) is 0 Å². The van der Waals surface area contributed by atoms with Crippen molar-refractivity contribution in [1.82, 2.24) is 0 Å². The Hall–Kier alpha value is -2.84. The van der Waals surface area contributed by atoms with Crippen molar-refractivity contribution < 1.29 is 0 Å². The van der Waals surface area contributed by atoms with Crippen molar-refractivity contribution in [1.29, 1.82) is 0 Å². The molecule has 0 saturated heterocycles. The number of hydrogen-bond donors (Lipinski definition) is 0. The Labute approximate surface area is 220 Å². The van der Waals surface area contributed by atoms with Gasteiger partial charge in [0.25, 0.3) is 0 Å². The second-order valence-electron chi connectivity index (χ2n) is 7.61. The summed E-state index contributed by atoms with van der Waals surface area (Å²) in [4.78, 5) is 0. The van der Waals surface area contributed by atoms with E-state index >= 15 is 0 Å². The van der Waals surface area contributed by atoms with Gasteiger partial charge in [-0.2, -0.15) is 0 Å². The predicted octanol–water partition coefficient (Wildman–Crippen LogP) is 9.27. The number of hydrogen-bond acceptors (Lipinski definition) is 0. The SMILES string of the molecule is Clc1ccc(C#CC(c2ccc(Cl)cc2)C(C#Cc2ccc(Cl)cc2)c2ccc(Cl)cc2)cc1. The molecule has 0 heterocycles. The Morgan fingerprint density at radius 2 is 0.647 bits per heavy atom. The Bertz CT molecular complexity index is 1250. The summed E-state index contributed by atoms with van der Waals surface area (Å²) >= 11 is 24.4. The molecule has 166 valence electrons. The van der Waals surface area contributed by atoms with Crippen molar-refractivity contribution in [2.24, 2.45) is 0 Å². The van der Waals surface area contributed by atoms with E-state index in [4.69, 9.17) is 46.4 Å². The quantitative estimate of drug-likeness (QED) is 0.236. The van der Waals surface area contributed by atoms with Gasteiger partial charge in [-0.1, -0.05) is 94.4 Å². The maximum atomic E-state index is 6.17. The highest BCUT2D eigenvalue weighted by atomic mass is 35.5. The van der Waals surface area contributed by atoms with Gasteiger partial charge in [-0.3, -0.25) is 0 Å². The highest BCUT2D eigenvalue weighted by Crippen LogP contribution is 2.34. The van der Waals surface area contributed by atoms with Crippen LogP contribution in [0, 0.1) is 23.7 Å². The molecule has 0 spiro atoms. The zero-order valence-corrected chi connectivity index (χ0v) is 20.9. The van der Waals surface area contributed by atoms with Crippen molar-refractivity contribution in [3.63, 3.8) is 0 Å². The summed E-state index contributed by atoms with van der Waals surface area (Å²) in [7, 11) is 0. The molecule has 0 aromatic heterocycles. The van der Waals surface area contributed by atoms with Gasteiger partial charge in [0.1, 0.15) is 0 Å². The van der Waals surface area contributed by atoms with Crippen LogP contribution < -0.4 is 0 Å². The largest absolute Gasteiger partial charge is 0.0880 e. The van der Waals surface area contributed by atoms with Gasteiger partial charge < -0.3 is 0 Å². The minimum atomic E-state index is -0.214. The summed E-state index contributed by atoms with van der Waals surface area (Å²) in [6.45, 7) is 0. The van der Waals surface area contributed by atoms with E-state index in [-0.39, 0.29) is 11.8 Å². The highest BCUT2D eigenvalue weighted by molar-refractivity contribution is 6.31. The van der Waals surface area contributed by atoms with Crippen LogP contribution >= 0.6 is 46.4 Å². The maximum Gasteiger partial charge on any atom is 0.0634 e. The lowest BCUT2D eigenvalue weighted by Gasteiger charge is -2.20. The summed E-state index contributed by atoms with van der Waals surface area (Å²) in [5.41, 5.74) is 3.81. The Balaban J connectivity index is 1.82. The zero-order valence-electron chi connectivity index (χ0n) is 17.9. The van der Waals surface area contributed by atoms with Crippen LogP contribution in [0.4, 0.5) is 0 Å². The summed E-state index contributed by atoms with van der Waals surface area (Å²) in [5, 5.41) is 2.69. The van der Waals surface area contributed by atoms with Gasteiger partial charge in [-0.25, -0.2) is 0 Å². The summed E-state index contributed by atoms with van der Waals surface area (Å²) in [6.07, 6.45) is 0. The molecule has 0 fully saturated rings. The van der Waals surface area contributed by atoms with E-state index in [1.54, 1.807) is 0 Å². The van der Waals surface area contributed by atoms with Gasteiger partial charge in [-0.15, -0.1) is 0 Å². The lowest BCUT2D eigenvalue weighted by atomic mass is 9.81. The standard InChI is InChI=1S/C30H18Cl4/c31-25-11-1-21(2-12-25)5-19-29(23-7-15-27(33)16-8-23)30(24-9-17-28(34)18-10-24)20-6-22-3-13-26(32)14-4-22/h1-4,7-18,29-30H. The lowest BCUT2D eigenvalue weighted by molar-refractivity contribution is 0.780. The van der Waals surface area contributed by atoms with E-state index in [1.165, 1.54) is 0 Å². The van der Waals surface area contributed by atoms with E-state index in [2.05, 4.69) is 23.7 Å². The first-order valence-corrected chi connectivity index (χ1v) is 12.0. The van der Waals surface area contributed by atoms with Gasteiger partial charge in [0.2, 0.25) is 0 Å². The smallest absolute Gasteiger partial charge is 0.0634 e. The number of benzene rings is 4. The minimum absolute atomic E-state index is 0.214. The van der Waals surface area contributed by atoms with Crippen LogP contribution in [0.3, 0.4) is 0 Å². The van der Waals surface area contributed by atoms with Gasteiger partial charge >= 0.3 is 0 Å². The first-order chi connectivity index (χ1) is 16.5. The van der Waals surface area contributed by atoms with Crippen LogP contribution in [0.5, 0.6) is 0 Å². The zero-order chi connectivity index (χ0) is 23.9. The Morgan fingerprint density at radius 1 is 0.382 bits per heavy atom. The molecule has 0 radical (unpaired) electrons. The fraction of sp³-hybridized carbons (Fsp3) is 0.0667. The third-order valence-corrected chi connectivity index (χ3v) is 6.23. The first-order valence-electron chi connectivity index (χ1n) is 10.5. The van der Waals surface area contributed by atoms with Gasteiger partial charge in [0.15, 0.2) is 0 Å². The van der Waals surface area contributed by atoms with Crippen LogP contribution in [-0.2, 0) is 0 Å². The summed E-state index contributed by atoms with van der Waals surface area (Å²) in [6, 6.07) is 30.4. The van der Waals surface area contributed by atoms with E-state index in [1.807, 2.05) is 97.1 Å². The molecule has 0 bridgehead atoms. The molecule has 4 heteroatoms. The van der Waals surface area contributed by atoms with E-state index in [0.717, 1.165) is 22.3 Å². The van der Waals surface area contributed by atoms with Crippen molar-refractivity contribution in [2.45, 2.75) is 11.8 Å². The second-order valence-corrected chi connectivity index (χ2v) is 9.36. The molecule has 4 aromatic carbocycles. The molecule has 2 atom stereocenters. The van der Waals surface area contributed by atoms with E-state index in [9.17, 15) is 0 Å². The molecule has 0 aliphatic carbocycles. The van der Waals surface area contributed by atoms with Crippen LogP contribution in [-0.4, -0.2) is 0 Å². The topological polar surface area (TPSA) is 0 Å². The molecule has 0 nitrogen and oxygen atoms in total. The minimum Gasteiger partial charge on any atom is -0.0880 e.